The fourth-order valence-corrected chi connectivity index (χ4v) is 7.71. The number of carbonyl (C=O) groups is 4. The third kappa shape index (κ3) is 5.60. The summed E-state index contributed by atoms with van der Waals surface area (Å²) in [6, 6.07) is 12.0. The van der Waals surface area contributed by atoms with Gasteiger partial charge in [0, 0.05) is 30.5 Å². The lowest BCUT2D eigenvalue weighted by atomic mass is 9.50. The fraction of sp³-hybridized carbons (Fsp3) is 0.500. The molecule has 0 amide bonds. The molecule has 12 heteroatoms. The second-order valence-corrected chi connectivity index (χ2v) is 13.8. The molecule has 0 radical (unpaired) electrons. The van der Waals surface area contributed by atoms with Crippen LogP contribution in [0.1, 0.15) is 69.8 Å². The molecule has 2 aliphatic heterocycles. The van der Waals surface area contributed by atoms with Gasteiger partial charge in [-0.25, -0.2) is 9.59 Å². The van der Waals surface area contributed by atoms with Gasteiger partial charge in [0.1, 0.15) is 11.4 Å². The van der Waals surface area contributed by atoms with Crippen LogP contribution in [0.3, 0.4) is 0 Å². The zero-order valence-electron chi connectivity index (χ0n) is 27.9. The molecule has 2 heterocycles. The van der Waals surface area contributed by atoms with Crippen LogP contribution < -0.4 is 9.47 Å². The van der Waals surface area contributed by atoms with E-state index in [9.17, 15) is 24.3 Å². The number of nitrogens with zero attached hydrogens (tertiary/aromatic N) is 1. The van der Waals surface area contributed by atoms with Crippen molar-refractivity contribution in [1.29, 1.82) is 0 Å². The summed E-state index contributed by atoms with van der Waals surface area (Å²) in [6.07, 6.45) is -1.61. The summed E-state index contributed by atoms with van der Waals surface area (Å²) in [7, 11) is 3.56. The molecule has 2 aromatic carbocycles. The van der Waals surface area contributed by atoms with Crippen LogP contribution in [0.25, 0.3) is 0 Å². The minimum absolute atomic E-state index is 0.189. The van der Waals surface area contributed by atoms with Gasteiger partial charge in [-0.2, -0.15) is 0 Å². The summed E-state index contributed by atoms with van der Waals surface area (Å²) in [5, 5.41) is 12.5. The summed E-state index contributed by atoms with van der Waals surface area (Å²) in [5.41, 5.74) is -0.775. The van der Waals surface area contributed by atoms with Crippen molar-refractivity contribution in [3.63, 3.8) is 0 Å². The second-order valence-electron chi connectivity index (χ2n) is 13.8. The van der Waals surface area contributed by atoms with Gasteiger partial charge in [-0.05, 0) is 64.9 Å². The number of aliphatic hydroxyl groups is 1. The van der Waals surface area contributed by atoms with Crippen molar-refractivity contribution in [2.24, 2.45) is 0 Å². The monoisotopic (exact) mass is 663 g/mol. The average Bonchev–Trinajstić information content (AvgIpc) is 3.38. The highest BCUT2D eigenvalue weighted by molar-refractivity contribution is 5.86. The molecule has 48 heavy (non-hydrogen) atoms. The molecule has 2 bridgehead atoms. The van der Waals surface area contributed by atoms with E-state index in [4.69, 9.17) is 28.4 Å². The van der Waals surface area contributed by atoms with Gasteiger partial charge in [0.2, 0.25) is 12.2 Å². The van der Waals surface area contributed by atoms with Crippen molar-refractivity contribution in [3.8, 4) is 11.5 Å². The Morgan fingerprint density at radius 2 is 1.79 bits per heavy atom. The number of likely N-dealkylation sites (tertiary alicyclic amines) is 1. The lowest BCUT2D eigenvalue weighted by molar-refractivity contribution is -0.182. The molecule has 1 fully saturated rings. The van der Waals surface area contributed by atoms with E-state index in [1.165, 1.54) is 0 Å². The first-order valence-electron chi connectivity index (χ1n) is 16.0. The third-order valence-electron chi connectivity index (χ3n) is 9.67. The van der Waals surface area contributed by atoms with Gasteiger partial charge in [-0.15, -0.1) is 0 Å². The molecule has 256 valence electrons. The van der Waals surface area contributed by atoms with Gasteiger partial charge in [-0.1, -0.05) is 36.4 Å². The van der Waals surface area contributed by atoms with Crippen LogP contribution in [0.4, 0.5) is 0 Å². The summed E-state index contributed by atoms with van der Waals surface area (Å²) in [5.74, 6) is -2.38. The Hall–Kier alpha value is -4.42. The van der Waals surface area contributed by atoms with Crippen LogP contribution >= 0.6 is 0 Å². The highest BCUT2D eigenvalue weighted by atomic mass is 16.6. The van der Waals surface area contributed by atoms with E-state index >= 15 is 0 Å². The van der Waals surface area contributed by atoms with Crippen LogP contribution in [-0.4, -0.2) is 84.0 Å². The molecule has 1 N–H and O–H groups in total. The Labute approximate surface area is 278 Å². The Kier molecular flexibility index (Phi) is 8.53. The van der Waals surface area contributed by atoms with Gasteiger partial charge in [-0.3, -0.25) is 9.59 Å². The minimum atomic E-state index is -1.59. The number of rotatable bonds is 9. The maximum Gasteiger partial charge on any atom is 0.357 e. The van der Waals surface area contributed by atoms with Crippen molar-refractivity contribution in [2.75, 3.05) is 20.7 Å². The first kappa shape index (κ1) is 33.5. The third-order valence-corrected chi connectivity index (χ3v) is 9.67. The molecule has 6 rings (SSSR count). The van der Waals surface area contributed by atoms with Crippen molar-refractivity contribution in [1.82, 2.24) is 4.90 Å². The van der Waals surface area contributed by atoms with E-state index in [0.29, 0.717) is 36.4 Å². The van der Waals surface area contributed by atoms with E-state index in [0.717, 1.165) is 18.1 Å². The number of likely N-dealkylation sites (N-methyl/N-ethyl adjacent to an activating group) is 1. The Morgan fingerprint density at radius 1 is 1.06 bits per heavy atom. The maximum atomic E-state index is 14.0. The number of benzene rings is 2. The van der Waals surface area contributed by atoms with Crippen LogP contribution in [0, 0.1) is 0 Å². The lowest BCUT2D eigenvalue weighted by Crippen LogP contribution is -2.74. The van der Waals surface area contributed by atoms with Gasteiger partial charge < -0.3 is 38.4 Å². The average molecular weight is 664 g/mol. The topological polar surface area (TPSA) is 147 Å². The molecule has 1 saturated heterocycles. The Balaban J connectivity index is 1.29. The molecule has 0 unspecified atom stereocenters. The van der Waals surface area contributed by atoms with Crippen LogP contribution in [0.5, 0.6) is 11.5 Å². The van der Waals surface area contributed by atoms with Crippen LogP contribution in [-0.2, 0) is 50.0 Å². The molecular formula is C36H41NO11. The number of hydrogen-bond acceptors (Lipinski definition) is 12. The molecule has 0 saturated carbocycles. The number of esters is 4. The predicted molar refractivity (Wildman–Crippen MR) is 169 cm³/mol. The maximum absolute atomic E-state index is 14.0. The smallest absolute Gasteiger partial charge is 0.357 e. The van der Waals surface area contributed by atoms with E-state index in [-0.39, 0.29) is 18.2 Å². The summed E-state index contributed by atoms with van der Waals surface area (Å²) >= 11 is 0. The Morgan fingerprint density at radius 3 is 2.46 bits per heavy atom. The molecule has 2 aliphatic carbocycles. The fourth-order valence-electron chi connectivity index (χ4n) is 7.71. The largest absolute Gasteiger partial charge is 0.493 e. The van der Waals surface area contributed by atoms with Gasteiger partial charge >= 0.3 is 23.9 Å². The SMILES string of the molecule is COc1ccc2c3c1O[C@H]1C(OC(=O)[C@@H](OC(=O)C[C@H](OC(C)=O)C(=O)OC(C)(C)C)c4ccccc4)=CC[C@@]4(O)[C@@H](C2)N(C)CC[C@]314. The summed E-state index contributed by atoms with van der Waals surface area (Å²) < 4.78 is 34.3. The summed E-state index contributed by atoms with van der Waals surface area (Å²) in [4.78, 5) is 54.0. The van der Waals surface area contributed by atoms with E-state index in [1.54, 1.807) is 64.3 Å². The molecular weight excluding hydrogens is 622 g/mol. The number of carbonyl (C=O) groups excluding carboxylic acids is 4. The zero-order chi connectivity index (χ0) is 34.6. The van der Waals surface area contributed by atoms with E-state index < -0.39 is 65.2 Å². The number of methoxy groups -OCH3 is 1. The zero-order valence-corrected chi connectivity index (χ0v) is 27.9. The van der Waals surface area contributed by atoms with Crippen LogP contribution in [0.2, 0.25) is 0 Å². The van der Waals surface area contributed by atoms with Crippen molar-refractivity contribution in [2.45, 2.75) is 94.3 Å². The molecule has 6 atom stereocenters. The number of piperidine rings is 1. The molecule has 2 aromatic rings. The quantitative estimate of drug-likeness (QED) is 0.310. The second kappa shape index (κ2) is 12.2. The predicted octanol–water partition coefficient (Wildman–Crippen LogP) is 3.46. The van der Waals surface area contributed by atoms with Crippen LogP contribution in [0.15, 0.2) is 54.3 Å². The highest BCUT2D eigenvalue weighted by Crippen LogP contribution is 2.65. The first-order valence-corrected chi connectivity index (χ1v) is 16.0. The van der Waals surface area contributed by atoms with Gasteiger partial charge in [0.05, 0.1) is 24.5 Å². The summed E-state index contributed by atoms with van der Waals surface area (Å²) in [6.45, 7) is 6.70. The number of hydrogen-bond donors (Lipinski definition) is 1. The van der Waals surface area contributed by atoms with Crippen molar-refractivity contribution < 1.29 is 52.7 Å². The normalized spacial score (nSPS) is 26.5. The van der Waals surface area contributed by atoms with E-state index in [1.807, 2.05) is 19.2 Å². The molecule has 1 spiro atoms. The highest BCUT2D eigenvalue weighted by Gasteiger charge is 2.72. The molecule has 4 aliphatic rings. The van der Waals surface area contributed by atoms with Crippen molar-refractivity contribution in [3.05, 3.63) is 71.0 Å². The molecule has 12 nitrogen and oxygen atoms in total. The molecule has 0 aromatic heterocycles. The lowest BCUT2D eigenvalue weighted by Gasteiger charge is -2.61. The standard InChI is InChI=1S/C36H41NO11/c1-20(38)44-25(32(40)48-34(2,3)4)19-27(39)46-29(21-10-8-7-9-11-21)33(41)45-24-14-15-36(42)26-18-22-12-13-23(43-6)30-28(22)35(36,31(24)47-30)16-17-37(26)5/h7-14,25-26,29,31,42H,15-19H2,1-6H3/t25-,26+,29-,31-,35-,36+/m0/s1. The first-order chi connectivity index (χ1) is 22.7. The minimum Gasteiger partial charge on any atom is -0.493 e. The van der Waals surface area contributed by atoms with Crippen molar-refractivity contribution >= 4 is 23.9 Å². The van der Waals surface area contributed by atoms with Gasteiger partial charge in [0.25, 0.3) is 0 Å². The van der Waals surface area contributed by atoms with Gasteiger partial charge in [0.15, 0.2) is 17.6 Å². The van der Waals surface area contributed by atoms with E-state index in [2.05, 4.69) is 4.90 Å². The Bertz CT molecular complexity index is 1660. The number of ether oxygens (including phenoxy) is 6.